The highest BCUT2D eigenvalue weighted by Crippen LogP contribution is 2.44. The van der Waals surface area contributed by atoms with Crippen LogP contribution in [0.2, 0.25) is 0 Å². The second kappa shape index (κ2) is 29.4. The highest BCUT2D eigenvalue weighted by Gasteiger charge is 2.24. The Kier molecular flexibility index (Phi) is 17.0. The van der Waals surface area contributed by atoms with Crippen molar-refractivity contribution >= 4 is 141 Å². The maximum Gasteiger partial charge on any atom is 0.168 e. The molecule has 0 radical (unpaired) electrons. The second-order valence-electron chi connectivity index (χ2n) is 31.0. The maximum absolute atomic E-state index is 4.94. The average Bonchev–Trinajstić information content (AvgIpc) is 1.60. The SMILES string of the molecule is c1ccc(-c2ccc(-c3ccc(-c4nnc(-n5c6ccccc6c6cc7ccccc7cc65)c5ccccc45)cc3)cc2)cc1.c1ccc(-c2nnc(-n3c4ccccc4c4cc5ccccc5cc43)c3ccccc23)cc1.c1ccc2cc3c(cc2c1)c1ccccc1n3-c1nnc(-c2ccc(-c3cccc4ccccc34)cc2)c2ccccc12. The zero-order chi connectivity index (χ0) is 79.9. The lowest BCUT2D eigenvalue weighted by molar-refractivity contribution is 0.977. The average molecular weight is 1540 g/mol. The van der Waals surface area contributed by atoms with Crippen LogP contribution in [-0.4, -0.2) is 44.3 Å². The van der Waals surface area contributed by atoms with Gasteiger partial charge in [0.2, 0.25) is 0 Å². The molecular weight excluding hydrogens is 1470 g/mol. The van der Waals surface area contributed by atoms with E-state index in [0.717, 1.165) is 117 Å². The molecule has 564 valence electrons. The molecule has 0 fully saturated rings. The first-order valence-corrected chi connectivity index (χ1v) is 41.0. The number of aromatic nitrogens is 9. The zero-order valence-electron chi connectivity index (χ0n) is 65.5. The molecule has 0 atom stereocenters. The minimum absolute atomic E-state index is 0.839. The Labute approximate surface area is 695 Å². The van der Waals surface area contributed by atoms with Crippen molar-refractivity contribution in [3.05, 3.63) is 431 Å². The quantitative estimate of drug-likeness (QED) is 0.143. The van der Waals surface area contributed by atoms with E-state index in [1.165, 1.54) is 109 Å². The molecule has 25 aromatic rings. The fourth-order valence-electron chi connectivity index (χ4n) is 18.2. The van der Waals surface area contributed by atoms with E-state index >= 15 is 0 Å². The van der Waals surface area contributed by atoms with Gasteiger partial charge in [0.1, 0.15) is 17.1 Å². The Balaban J connectivity index is 0.000000107. The molecule has 0 unspecified atom stereocenters. The molecule has 6 aromatic heterocycles. The Hall–Kier alpha value is -16.4. The summed E-state index contributed by atoms with van der Waals surface area (Å²) in [6.45, 7) is 0. The van der Waals surface area contributed by atoms with E-state index in [1.807, 2.05) is 24.3 Å². The number of hydrogen-bond acceptors (Lipinski definition) is 6. The van der Waals surface area contributed by atoms with Crippen molar-refractivity contribution in [2.45, 2.75) is 0 Å². The van der Waals surface area contributed by atoms with Crippen LogP contribution < -0.4 is 0 Å². The number of hydrogen-bond donors (Lipinski definition) is 0. The predicted octanol–water partition coefficient (Wildman–Crippen LogP) is 28.8. The van der Waals surface area contributed by atoms with Crippen molar-refractivity contribution in [1.29, 1.82) is 0 Å². The molecule has 25 rings (SSSR count). The van der Waals surface area contributed by atoms with Gasteiger partial charge in [-0.05, 0) is 131 Å². The number of fused-ring (bicyclic) bond motifs is 16. The lowest BCUT2D eigenvalue weighted by Gasteiger charge is -2.13. The van der Waals surface area contributed by atoms with E-state index in [2.05, 4.69) is 420 Å². The Bertz CT molecular complexity index is 8380. The van der Waals surface area contributed by atoms with Gasteiger partial charge >= 0.3 is 0 Å². The van der Waals surface area contributed by atoms with E-state index in [4.69, 9.17) is 30.6 Å². The van der Waals surface area contributed by atoms with Gasteiger partial charge < -0.3 is 0 Å². The predicted molar refractivity (Wildman–Crippen MR) is 504 cm³/mol. The topological polar surface area (TPSA) is 92.1 Å². The molecule has 19 aromatic carbocycles. The summed E-state index contributed by atoms with van der Waals surface area (Å²) in [5, 5.41) is 52.8. The van der Waals surface area contributed by atoms with Gasteiger partial charge in [-0.15, -0.1) is 30.6 Å². The van der Waals surface area contributed by atoms with Gasteiger partial charge in [-0.1, -0.05) is 376 Å². The summed E-state index contributed by atoms with van der Waals surface area (Å²) in [6, 6.07) is 152. The van der Waals surface area contributed by atoms with Gasteiger partial charge in [0.05, 0.1) is 33.1 Å². The summed E-state index contributed by atoms with van der Waals surface area (Å²) in [4.78, 5) is 0. The van der Waals surface area contributed by atoms with Gasteiger partial charge in [0.25, 0.3) is 0 Å². The van der Waals surface area contributed by atoms with Crippen molar-refractivity contribution < 1.29 is 0 Å². The summed E-state index contributed by atoms with van der Waals surface area (Å²) in [5.74, 6) is 2.53. The molecule has 0 saturated heterocycles. The van der Waals surface area contributed by atoms with Crippen LogP contribution in [-0.2, 0) is 0 Å². The van der Waals surface area contributed by atoms with Crippen LogP contribution in [0.1, 0.15) is 0 Å². The van der Waals surface area contributed by atoms with Gasteiger partial charge in [-0.2, -0.15) is 0 Å². The Morgan fingerprint density at radius 1 is 0.132 bits per heavy atom. The molecule has 0 amide bonds. The molecule has 0 aliphatic carbocycles. The highest BCUT2D eigenvalue weighted by molar-refractivity contribution is 6.18. The van der Waals surface area contributed by atoms with Gasteiger partial charge in [0.15, 0.2) is 17.5 Å². The molecule has 9 nitrogen and oxygen atoms in total. The normalized spacial score (nSPS) is 11.6. The van der Waals surface area contributed by atoms with Crippen LogP contribution in [0.25, 0.3) is 225 Å². The van der Waals surface area contributed by atoms with Gasteiger partial charge in [-0.3, -0.25) is 13.7 Å². The van der Waals surface area contributed by atoms with E-state index in [9.17, 15) is 0 Å². The molecule has 121 heavy (non-hydrogen) atoms. The van der Waals surface area contributed by atoms with Crippen molar-refractivity contribution in [3.8, 4) is 84.6 Å². The van der Waals surface area contributed by atoms with Crippen LogP contribution in [0.3, 0.4) is 0 Å². The molecule has 6 heterocycles. The first kappa shape index (κ1) is 70.1. The molecule has 0 spiro atoms. The number of para-hydroxylation sites is 3. The fraction of sp³-hybridized carbons (Fsp3) is 0. The molecule has 0 N–H and O–H groups in total. The third-order valence-corrected chi connectivity index (χ3v) is 24.0. The minimum atomic E-state index is 0.839. The van der Waals surface area contributed by atoms with E-state index in [-0.39, 0.29) is 0 Å². The van der Waals surface area contributed by atoms with Crippen molar-refractivity contribution in [3.63, 3.8) is 0 Å². The third kappa shape index (κ3) is 12.2. The molecule has 0 aliphatic heterocycles. The van der Waals surface area contributed by atoms with Gasteiger partial charge in [0, 0.05) is 81.3 Å². The summed E-state index contributed by atoms with van der Waals surface area (Å²) < 4.78 is 6.82. The second-order valence-corrected chi connectivity index (χ2v) is 31.0. The standard InChI is InChI=1S/C42H27N3.C40H25N3.C30H19N3/c1-2-10-28(11-3-1)29-18-20-30(21-19-29)31-22-24-32(25-23-31)41-36-15-6-7-16-37(36)42(44-43-41)45-39-17-9-8-14-35(39)38-26-33-12-4-5-13-34(33)27-40(38)45;1-2-12-30-25-38-36(24-29(30)11-1)33-15-7-8-19-37(33)43(38)40-35-17-6-5-16-34(35)39(41-42-40)28-22-20-27(21-23-28)32-18-9-13-26-10-3-4-14-31(26)32;1-2-10-20(11-3-1)29-24-15-6-7-16-25(24)30(32-31-29)33-27-17-9-8-14-23(27)26-18-21-12-4-5-13-22(21)19-28(26)33/h1-27H;1-25H;1-19H. The number of nitrogens with zero attached hydrogens (tertiary/aromatic N) is 9. The zero-order valence-corrected chi connectivity index (χ0v) is 65.5. The van der Waals surface area contributed by atoms with Crippen LogP contribution in [0.15, 0.2) is 431 Å². The maximum atomic E-state index is 4.94. The smallest absolute Gasteiger partial charge is 0.168 e. The van der Waals surface area contributed by atoms with Gasteiger partial charge in [-0.25, -0.2) is 0 Å². The van der Waals surface area contributed by atoms with Crippen LogP contribution >= 0.6 is 0 Å². The van der Waals surface area contributed by atoms with E-state index in [1.54, 1.807) is 0 Å². The molecule has 0 bridgehead atoms. The number of rotatable bonds is 9. The van der Waals surface area contributed by atoms with Crippen molar-refractivity contribution in [1.82, 2.24) is 44.3 Å². The Morgan fingerprint density at radius 2 is 0.372 bits per heavy atom. The largest absolute Gasteiger partial charge is 0.292 e. The minimum Gasteiger partial charge on any atom is -0.292 e. The third-order valence-electron chi connectivity index (χ3n) is 24.0. The van der Waals surface area contributed by atoms with E-state index in [0.29, 0.717) is 0 Å². The van der Waals surface area contributed by atoms with Crippen molar-refractivity contribution in [2.24, 2.45) is 0 Å². The summed E-state index contributed by atoms with van der Waals surface area (Å²) in [6.07, 6.45) is 0. The summed E-state index contributed by atoms with van der Waals surface area (Å²) in [5.41, 5.74) is 19.8. The van der Waals surface area contributed by atoms with Crippen LogP contribution in [0, 0.1) is 0 Å². The fourth-order valence-corrected chi connectivity index (χ4v) is 18.2. The highest BCUT2D eigenvalue weighted by atomic mass is 15.2. The van der Waals surface area contributed by atoms with Crippen LogP contribution in [0.4, 0.5) is 0 Å². The van der Waals surface area contributed by atoms with Crippen LogP contribution in [0.5, 0.6) is 0 Å². The van der Waals surface area contributed by atoms with E-state index < -0.39 is 0 Å². The Morgan fingerprint density at radius 3 is 0.727 bits per heavy atom. The first-order chi connectivity index (χ1) is 60.0. The number of benzene rings is 19. The molecular formula is C112H71N9. The molecule has 9 heteroatoms. The first-order valence-electron chi connectivity index (χ1n) is 41.0. The monoisotopic (exact) mass is 1540 g/mol. The lowest BCUT2D eigenvalue weighted by atomic mass is 9.96. The lowest BCUT2D eigenvalue weighted by Crippen LogP contribution is -2.02. The molecule has 0 saturated carbocycles. The summed E-state index contributed by atoms with van der Waals surface area (Å²) in [7, 11) is 0. The molecule has 0 aliphatic rings. The van der Waals surface area contributed by atoms with Crippen molar-refractivity contribution in [2.75, 3.05) is 0 Å². The summed E-state index contributed by atoms with van der Waals surface area (Å²) >= 11 is 0.